The first kappa shape index (κ1) is 12.2. The van der Waals surface area contributed by atoms with E-state index in [-0.39, 0.29) is 23.0 Å². The minimum atomic E-state index is -0.718. The Hall–Kier alpha value is -1.91. The molecule has 16 heavy (non-hydrogen) atoms. The summed E-state index contributed by atoms with van der Waals surface area (Å²) in [5.74, 6) is -2.60. The van der Waals surface area contributed by atoms with Crippen molar-refractivity contribution in [2.24, 2.45) is 5.92 Å². The summed E-state index contributed by atoms with van der Waals surface area (Å²) in [6.07, 6.45) is 0. The molecule has 5 nitrogen and oxygen atoms in total. The minimum Gasteiger partial charge on any atom is -0.504 e. The molecule has 88 valence electrons. The molecule has 0 unspecified atom stereocenters. The highest BCUT2D eigenvalue weighted by Gasteiger charge is 2.24. The predicted molar refractivity (Wildman–Crippen MR) is 57.2 cm³/mol. The van der Waals surface area contributed by atoms with E-state index in [0.29, 0.717) is 0 Å². The van der Waals surface area contributed by atoms with Gasteiger partial charge in [-0.2, -0.15) is 0 Å². The standard InChI is InChI=1S/C11H14O5/c1-5(2)9(13)8-7(16-3)4-6(12)10(14)11(8)15/h4-5,12,14-15H,1-3H3. The van der Waals surface area contributed by atoms with Crippen LogP contribution in [-0.2, 0) is 0 Å². The summed E-state index contributed by atoms with van der Waals surface area (Å²) in [4.78, 5) is 11.8. The van der Waals surface area contributed by atoms with Crippen molar-refractivity contribution in [3.05, 3.63) is 11.6 Å². The molecule has 0 aliphatic rings. The van der Waals surface area contributed by atoms with Crippen molar-refractivity contribution in [1.29, 1.82) is 0 Å². The Morgan fingerprint density at radius 2 is 1.81 bits per heavy atom. The van der Waals surface area contributed by atoms with Crippen LogP contribution in [0.2, 0.25) is 0 Å². The van der Waals surface area contributed by atoms with E-state index in [1.54, 1.807) is 13.8 Å². The van der Waals surface area contributed by atoms with Crippen molar-refractivity contribution in [2.75, 3.05) is 7.11 Å². The summed E-state index contributed by atoms with van der Waals surface area (Å²) < 4.78 is 4.88. The van der Waals surface area contributed by atoms with Gasteiger partial charge in [0.1, 0.15) is 11.3 Å². The Labute approximate surface area is 92.9 Å². The number of carbonyl (C=O) groups excluding carboxylic acids is 1. The number of carbonyl (C=O) groups is 1. The Morgan fingerprint density at radius 1 is 1.25 bits per heavy atom. The number of hydrogen-bond donors (Lipinski definition) is 3. The molecular formula is C11H14O5. The SMILES string of the molecule is COc1cc(O)c(O)c(O)c1C(=O)C(C)C. The Morgan fingerprint density at radius 3 is 2.25 bits per heavy atom. The van der Waals surface area contributed by atoms with Gasteiger partial charge in [-0.1, -0.05) is 13.8 Å². The number of benzene rings is 1. The second-order valence-corrected chi connectivity index (χ2v) is 3.69. The molecule has 0 aromatic heterocycles. The normalized spacial score (nSPS) is 10.5. The van der Waals surface area contributed by atoms with E-state index in [2.05, 4.69) is 0 Å². The molecule has 0 fully saturated rings. The minimum absolute atomic E-state index is 0.0338. The number of methoxy groups -OCH3 is 1. The van der Waals surface area contributed by atoms with Crippen molar-refractivity contribution in [1.82, 2.24) is 0 Å². The van der Waals surface area contributed by atoms with E-state index >= 15 is 0 Å². The number of phenolic OH excluding ortho intramolecular Hbond substituents is 3. The molecule has 0 saturated carbocycles. The Kier molecular flexibility index (Phi) is 3.27. The van der Waals surface area contributed by atoms with Crippen LogP contribution in [0.3, 0.4) is 0 Å². The lowest BCUT2D eigenvalue weighted by molar-refractivity contribution is 0.0932. The van der Waals surface area contributed by atoms with Crippen molar-refractivity contribution in [3.8, 4) is 23.0 Å². The maximum atomic E-state index is 11.8. The zero-order chi connectivity index (χ0) is 12.5. The molecule has 0 heterocycles. The van der Waals surface area contributed by atoms with Gasteiger partial charge >= 0.3 is 0 Å². The van der Waals surface area contributed by atoms with Crippen LogP contribution < -0.4 is 4.74 Å². The maximum absolute atomic E-state index is 11.8. The summed E-state index contributed by atoms with van der Waals surface area (Å²) >= 11 is 0. The van der Waals surface area contributed by atoms with Gasteiger partial charge in [-0.25, -0.2) is 0 Å². The van der Waals surface area contributed by atoms with Crippen LogP contribution in [-0.4, -0.2) is 28.2 Å². The number of hydrogen-bond acceptors (Lipinski definition) is 5. The fourth-order valence-electron chi connectivity index (χ4n) is 1.31. The van der Waals surface area contributed by atoms with E-state index in [9.17, 15) is 20.1 Å². The molecule has 5 heteroatoms. The Balaban J connectivity index is 3.47. The van der Waals surface area contributed by atoms with Crippen molar-refractivity contribution in [2.45, 2.75) is 13.8 Å². The van der Waals surface area contributed by atoms with Crippen LogP contribution in [0, 0.1) is 5.92 Å². The fourth-order valence-corrected chi connectivity index (χ4v) is 1.31. The lowest BCUT2D eigenvalue weighted by Crippen LogP contribution is -2.09. The maximum Gasteiger partial charge on any atom is 0.201 e. The quantitative estimate of drug-likeness (QED) is 0.539. The lowest BCUT2D eigenvalue weighted by Gasteiger charge is -2.13. The summed E-state index contributed by atoms with van der Waals surface area (Å²) in [6, 6.07) is 1.09. The smallest absolute Gasteiger partial charge is 0.201 e. The first-order valence-corrected chi connectivity index (χ1v) is 4.76. The first-order chi connectivity index (χ1) is 7.40. The predicted octanol–water partition coefficient (Wildman–Crippen LogP) is 1.65. The highest BCUT2D eigenvalue weighted by Crippen LogP contribution is 2.43. The van der Waals surface area contributed by atoms with E-state index in [4.69, 9.17) is 4.74 Å². The highest BCUT2D eigenvalue weighted by atomic mass is 16.5. The van der Waals surface area contributed by atoms with Crippen LogP contribution in [0.5, 0.6) is 23.0 Å². The van der Waals surface area contributed by atoms with Gasteiger partial charge in [-0.15, -0.1) is 0 Å². The van der Waals surface area contributed by atoms with Crippen LogP contribution in [0.15, 0.2) is 6.07 Å². The van der Waals surface area contributed by atoms with Gasteiger partial charge in [-0.3, -0.25) is 4.79 Å². The summed E-state index contributed by atoms with van der Waals surface area (Å²) in [6.45, 7) is 3.32. The van der Waals surface area contributed by atoms with Crippen LogP contribution in [0.25, 0.3) is 0 Å². The van der Waals surface area contributed by atoms with Gasteiger partial charge in [0.25, 0.3) is 0 Å². The average molecular weight is 226 g/mol. The van der Waals surface area contributed by atoms with Gasteiger partial charge < -0.3 is 20.1 Å². The van der Waals surface area contributed by atoms with Gasteiger partial charge in [0, 0.05) is 12.0 Å². The number of Topliss-reactive ketones (excluding diaryl/α,β-unsaturated/α-hetero) is 1. The fraction of sp³-hybridized carbons (Fsp3) is 0.364. The molecular weight excluding hydrogens is 212 g/mol. The molecule has 0 aliphatic heterocycles. The van der Waals surface area contributed by atoms with Gasteiger partial charge in [0.2, 0.25) is 5.75 Å². The Bertz CT molecular complexity index is 423. The van der Waals surface area contributed by atoms with Crippen LogP contribution >= 0.6 is 0 Å². The third-order valence-electron chi connectivity index (χ3n) is 2.21. The summed E-state index contributed by atoms with van der Waals surface area (Å²) in [7, 11) is 1.31. The van der Waals surface area contributed by atoms with E-state index in [0.717, 1.165) is 6.07 Å². The van der Waals surface area contributed by atoms with Crippen LogP contribution in [0.4, 0.5) is 0 Å². The molecule has 0 bridgehead atoms. The molecule has 1 aromatic carbocycles. The number of aromatic hydroxyl groups is 3. The second-order valence-electron chi connectivity index (χ2n) is 3.69. The van der Waals surface area contributed by atoms with Crippen molar-refractivity contribution >= 4 is 5.78 Å². The first-order valence-electron chi connectivity index (χ1n) is 4.76. The van der Waals surface area contributed by atoms with E-state index < -0.39 is 17.2 Å². The number of ketones is 1. The summed E-state index contributed by atoms with van der Waals surface area (Å²) in [5.41, 5.74) is -0.118. The van der Waals surface area contributed by atoms with E-state index in [1.807, 2.05) is 0 Å². The third-order valence-corrected chi connectivity index (χ3v) is 2.21. The highest BCUT2D eigenvalue weighted by molar-refractivity contribution is 6.03. The molecule has 0 atom stereocenters. The number of phenols is 3. The molecule has 1 aromatic rings. The summed E-state index contributed by atoms with van der Waals surface area (Å²) in [5, 5.41) is 28.2. The van der Waals surface area contributed by atoms with Crippen LogP contribution in [0.1, 0.15) is 24.2 Å². The number of ether oxygens (including phenoxy) is 1. The zero-order valence-corrected chi connectivity index (χ0v) is 9.31. The molecule has 0 spiro atoms. The lowest BCUT2D eigenvalue weighted by atomic mass is 9.98. The van der Waals surface area contributed by atoms with Gasteiger partial charge in [0.15, 0.2) is 17.3 Å². The number of rotatable bonds is 3. The van der Waals surface area contributed by atoms with Gasteiger partial charge in [0.05, 0.1) is 7.11 Å². The molecule has 0 saturated heterocycles. The third kappa shape index (κ3) is 1.88. The largest absolute Gasteiger partial charge is 0.504 e. The molecule has 0 amide bonds. The second kappa shape index (κ2) is 4.30. The topological polar surface area (TPSA) is 87.0 Å². The van der Waals surface area contributed by atoms with Gasteiger partial charge in [-0.05, 0) is 0 Å². The monoisotopic (exact) mass is 226 g/mol. The molecule has 3 N–H and O–H groups in total. The van der Waals surface area contributed by atoms with Crippen molar-refractivity contribution in [3.63, 3.8) is 0 Å². The average Bonchev–Trinajstić information content (AvgIpc) is 2.24. The zero-order valence-electron chi connectivity index (χ0n) is 9.31. The molecule has 1 rings (SSSR count). The van der Waals surface area contributed by atoms with Crippen molar-refractivity contribution < 1.29 is 24.9 Å². The molecule has 0 radical (unpaired) electrons. The molecule has 0 aliphatic carbocycles. The van der Waals surface area contributed by atoms with E-state index in [1.165, 1.54) is 7.11 Å².